The monoisotopic (exact) mass is 560 g/mol. The van der Waals surface area contributed by atoms with E-state index in [1.165, 1.54) is 84.1 Å². The predicted octanol–water partition coefficient (Wildman–Crippen LogP) is 4.64. The molecule has 2 heterocycles. The molecule has 40 heavy (non-hydrogen) atoms. The van der Waals surface area contributed by atoms with Crippen LogP contribution >= 0.6 is 0 Å². The number of carbonyl (C=O) groups excluding carboxylic acids is 1. The van der Waals surface area contributed by atoms with Gasteiger partial charge in [0.05, 0.1) is 23.9 Å². The number of nitrogens with zero attached hydrogens (tertiary/aromatic N) is 4. The Hall–Kier alpha value is -4.00. The molecule has 1 unspecified atom stereocenters. The number of hydrogen-bond acceptors (Lipinski definition) is 5. The Labute approximate surface area is 227 Å². The van der Waals surface area contributed by atoms with Crippen LogP contribution < -0.4 is 0 Å². The molecule has 0 aliphatic heterocycles. The number of likely N-dealkylation sites (N-methyl/N-ethyl adjacent to an activating group) is 1. The summed E-state index contributed by atoms with van der Waals surface area (Å²) in [5, 5.41) is 15.9. The lowest BCUT2D eigenvalue weighted by Crippen LogP contribution is -2.43. The van der Waals surface area contributed by atoms with E-state index in [0.717, 1.165) is 18.3 Å². The largest absolute Gasteiger partial charge is 0.425 e. The molecule has 1 amide bonds. The molecular weight excluding hydrogens is 532 g/mol. The Morgan fingerprint density at radius 1 is 1.12 bits per heavy atom. The number of methoxy groups -OCH3 is 2. The summed E-state index contributed by atoms with van der Waals surface area (Å²) in [5.74, 6) is -1.05. The van der Waals surface area contributed by atoms with Crippen molar-refractivity contribution in [2.45, 2.75) is 24.6 Å². The minimum absolute atomic E-state index is 0.0126. The summed E-state index contributed by atoms with van der Waals surface area (Å²) in [6.07, 6.45) is -2.03. The summed E-state index contributed by atoms with van der Waals surface area (Å²) in [4.78, 5) is 14.5. The molecule has 2 aromatic carbocycles. The predicted molar refractivity (Wildman–Crippen MR) is 139 cm³/mol. The average Bonchev–Trinajstić information content (AvgIpc) is 3.55. The van der Waals surface area contributed by atoms with Gasteiger partial charge in [-0.15, -0.1) is 6.58 Å². The summed E-state index contributed by atoms with van der Waals surface area (Å²) in [5.41, 5.74) is -3.59. The topological polar surface area (TPSA) is 81.8 Å². The summed E-state index contributed by atoms with van der Waals surface area (Å²) in [7, 11) is 4.25. The van der Waals surface area contributed by atoms with Crippen molar-refractivity contribution in [3.8, 4) is 5.69 Å². The molecule has 0 aliphatic carbocycles. The van der Waals surface area contributed by atoms with Crippen LogP contribution in [0.5, 0.6) is 0 Å². The zero-order valence-corrected chi connectivity index (χ0v) is 22.0. The van der Waals surface area contributed by atoms with Crippen LogP contribution in [-0.2, 0) is 21.6 Å². The van der Waals surface area contributed by atoms with Gasteiger partial charge in [-0.05, 0) is 48.0 Å². The second-order valence-electron chi connectivity index (χ2n) is 9.16. The van der Waals surface area contributed by atoms with Crippen LogP contribution in [0.15, 0.2) is 73.6 Å². The molecule has 0 fully saturated rings. The first-order valence-electron chi connectivity index (χ1n) is 12.1. The van der Waals surface area contributed by atoms with Crippen molar-refractivity contribution in [3.63, 3.8) is 0 Å². The molecule has 4 aromatic rings. The molecule has 8 nitrogen and oxygen atoms in total. The molecule has 1 atom stereocenters. The number of ether oxygens (including phenoxy) is 2. The highest BCUT2D eigenvalue weighted by atomic mass is 19.4. The minimum Gasteiger partial charge on any atom is -0.372 e. The number of benzene rings is 2. The van der Waals surface area contributed by atoms with Crippen LogP contribution in [0.2, 0.25) is 0 Å². The SMILES string of the molecule is C=CCn1cc(C(O)(c2ccc3c(cnn3-c3ccc(F)cc3)c2)C(F)(F)F)cc1C(=O)N(C)CC(OC)OC. The van der Waals surface area contributed by atoms with Gasteiger partial charge in [0, 0.05) is 45.0 Å². The number of aliphatic hydroxyl groups is 1. The van der Waals surface area contributed by atoms with Gasteiger partial charge in [-0.25, -0.2) is 9.07 Å². The molecule has 0 saturated carbocycles. The number of halogens is 4. The fraction of sp³-hybridized carbons (Fsp3) is 0.286. The molecule has 1 N–H and O–H groups in total. The number of fused-ring (bicyclic) bond motifs is 1. The molecular formula is C28H28F4N4O4. The fourth-order valence-electron chi connectivity index (χ4n) is 4.46. The molecule has 12 heteroatoms. The van der Waals surface area contributed by atoms with Crippen molar-refractivity contribution in [2.24, 2.45) is 0 Å². The van der Waals surface area contributed by atoms with Gasteiger partial charge in [-0.1, -0.05) is 12.1 Å². The van der Waals surface area contributed by atoms with E-state index in [-0.39, 0.29) is 18.8 Å². The number of carbonyl (C=O) groups is 1. The van der Waals surface area contributed by atoms with Crippen molar-refractivity contribution in [1.82, 2.24) is 19.2 Å². The van der Waals surface area contributed by atoms with Crippen LogP contribution in [0, 0.1) is 5.82 Å². The number of aromatic nitrogens is 3. The lowest BCUT2D eigenvalue weighted by molar-refractivity contribution is -0.248. The van der Waals surface area contributed by atoms with E-state index in [1.807, 2.05) is 0 Å². The second-order valence-corrected chi connectivity index (χ2v) is 9.16. The molecule has 0 saturated heterocycles. The second kappa shape index (κ2) is 11.2. The first kappa shape index (κ1) is 29.0. The van der Waals surface area contributed by atoms with Gasteiger partial charge in [-0.3, -0.25) is 4.79 Å². The van der Waals surface area contributed by atoms with Gasteiger partial charge in [0.2, 0.25) is 5.60 Å². The molecule has 0 spiro atoms. The third-order valence-electron chi connectivity index (χ3n) is 6.62. The lowest BCUT2D eigenvalue weighted by Gasteiger charge is -2.30. The Balaban J connectivity index is 1.79. The van der Waals surface area contributed by atoms with Gasteiger partial charge in [0.15, 0.2) is 6.29 Å². The maximum atomic E-state index is 14.7. The molecule has 0 radical (unpaired) electrons. The first-order valence-corrected chi connectivity index (χ1v) is 12.1. The van der Waals surface area contributed by atoms with E-state index in [0.29, 0.717) is 16.6 Å². The van der Waals surface area contributed by atoms with Crippen molar-refractivity contribution in [3.05, 3.63) is 96.2 Å². The van der Waals surface area contributed by atoms with E-state index >= 15 is 0 Å². The lowest BCUT2D eigenvalue weighted by atomic mass is 9.86. The number of hydrogen-bond donors (Lipinski definition) is 1. The minimum atomic E-state index is -5.16. The zero-order chi connectivity index (χ0) is 29.2. The van der Waals surface area contributed by atoms with Crippen LogP contribution in [-0.4, -0.2) is 70.5 Å². The Kier molecular flexibility index (Phi) is 8.15. The molecule has 212 valence electrons. The van der Waals surface area contributed by atoms with Crippen LogP contribution in [0.3, 0.4) is 0 Å². The number of rotatable bonds is 10. The summed E-state index contributed by atoms with van der Waals surface area (Å²) < 4.78 is 70.3. The smallest absolute Gasteiger partial charge is 0.372 e. The summed E-state index contributed by atoms with van der Waals surface area (Å²) >= 11 is 0. The maximum absolute atomic E-state index is 14.7. The van der Waals surface area contributed by atoms with Crippen LogP contribution in [0.4, 0.5) is 17.6 Å². The van der Waals surface area contributed by atoms with Crippen molar-refractivity contribution in [1.29, 1.82) is 0 Å². The van der Waals surface area contributed by atoms with E-state index in [1.54, 1.807) is 0 Å². The van der Waals surface area contributed by atoms with Gasteiger partial charge in [0.25, 0.3) is 5.91 Å². The van der Waals surface area contributed by atoms with Crippen molar-refractivity contribution in [2.75, 3.05) is 27.8 Å². The average molecular weight is 561 g/mol. The number of allylic oxidation sites excluding steroid dienone is 1. The first-order chi connectivity index (χ1) is 18.9. The van der Waals surface area contributed by atoms with Crippen molar-refractivity contribution >= 4 is 16.8 Å². The van der Waals surface area contributed by atoms with Gasteiger partial charge in [0.1, 0.15) is 11.5 Å². The van der Waals surface area contributed by atoms with E-state index in [9.17, 15) is 27.5 Å². The Morgan fingerprint density at radius 3 is 2.40 bits per heavy atom. The van der Waals surface area contributed by atoms with E-state index in [4.69, 9.17) is 9.47 Å². The fourth-order valence-corrected chi connectivity index (χ4v) is 4.46. The number of amides is 1. The highest BCUT2D eigenvalue weighted by Crippen LogP contribution is 2.45. The molecule has 4 rings (SSSR count). The van der Waals surface area contributed by atoms with Crippen LogP contribution in [0.1, 0.15) is 21.6 Å². The zero-order valence-electron chi connectivity index (χ0n) is 22.0. The van der Waals surface area contributed by atoms with E-state index < -0.39 is 40.9 Å². The van der Waals surface area contributed by atoms with Gasteiger partial charge >= 0.3 is 6.18 Å². The van der Waals surface area contributed by atoms with Gasteiger partial charge < -0.3 is 24.0 Å². The summed E-state index contributed by atoms with van der Waals surface area (Å²) in [6, 6.07) is 10.2. The van der Waals surface area contributed by atoms with E-state index in [2.05, 4.69) is 11.7 Å². The standard InChI is InChI=1S/C28H28F4N4O4/c1-5-12-35-16-20(14-24(35)26(37)34(2)17-25(39-3)40-4)27(38,28(30,31)32)19-6-11-23-18(13-19)15-33-36(23)22-9-7-21(29)8-10-22/h5-11,13-16,25,38H,1,12,17H2,2-4H3. The molecule has 0 aliphatic rings. The Morgan fingerprint density at radius 2 is 1.80 bits per heavy atom. The highest BCUT2D eigenvalue weighted by Gasteiger charge is 2.57. The van der Waals surface area contributed by atoms with Gasteiger partial charge in [-0.2, -0.15) is 18.3 Å². The third-order valence-corrected chi connectivity index (χ3v) is 6.62. The summed E-state index contributed by atoms with van der Waals surface area (Å²) in [6.45, 7) is 3.65. The highest BCUT2D eigenvalue weighted by molar-refractivity contribution is 5.93. The maximum Gasteiger partial charge on any atom is 0.425 e. The quantitative estimate of drug-likeness (QED) is 0.174. The molecule has 2 aromatic heterocycles. The molecule has 0 bridgehead atoms. The van der Waals surface area contributed by atoms with Crippen molar-refractivity contribution < 1.29 is 36.9 Å². The van der Waals surface area contributed by atoms with Crippen LogP contribution in [0.25, 0.3) is 16.6 Å². The number of alkyl halides is 3. The normalized spacial score (nSPS) is 13.5. The Bertz CT molecular complexity index is 1510. The third kappa shape index (κ3) is 5.25.